The fourth-order valence-electron chi connectivity index (χ4n) is 5.05. The van der Waals surface area contributed by atoms with Gasteiger partial charge in [-0.25, -0.2) is 4.98 Å². The standard InChI is InChI=1S/C25H28N4O2/c30-23-11-5-7-15-29(23)19-24(31)27-16-12-25(13-17-27,20-8-2-1-3-9-20)21-18-28-14-6-4-10-22(28)26-21/h1-4,6,8-10,14,18H,5,7,11-13,15-17,19H2. The highest BCUT2D eigenvalue weighted by atomic mass is 16.2. The largest absolute Gasteiger partial charge is 0.341 e. The van der Waals surface area contributed by atoms with E-state index in [4.69, 9.17) is 4.98 Å². The van der Waals surface area contributed by atoms with Gasteiger partial charge in [0.1, 0.15) is 5.65 Å². The lowest BCUT2D eigenvalue weighted by molar-refractivity contribution is -0.142. The smallest absolute Gasteiger partial charge is 0.242 e. The van der Waals surface area contributed by atoms with Gasteiger partial charge < -0.3 is 14.2 Å². The molecule has 0 aliphatic carbocycles. The van der Waals surface area contributed by atoms with E-state index in [0.29, 0.717) is 26.1 Å². The van der Waals surface area contributed by atoms with Crippen molar-refractivity contribution in [1.29, 1.82) is 0 Å². The van der Waals surface area contributed by atoms with Gasteiger partial charge in [0.2, 0.25) is 11.8 Å². The maximum atomic E-state index is 12.9. The van der Waals surface area contributed by atoms with E-state index in [1.807, 2.05) is 35.4 Å². The molecule has 2 fully saturated rings. The average molecular weight is 417 g/mol. The van der Waals surface area contributed by atoms with Crippen molar-refractivity contribution in [3.63, 3.8) is 0 Å². The van der Waals surface area contributed by atoms with Gasteiger partial charge in [-0.3, -0.25) is 9.59 Å². The molecule has 0 unspecified atom stereocenters. The minimum atomic E-state index is -0.217. The normalized spacial score (nSPS) is 19.0. The molecule has 2 aliphatic rings. The van der Waals surface area contributed by atoms with Gasteiger partial charge >= 0.3 is 0 Å². The summed E-state index contributed by atoms with van der Waals surface area (Å²) in [6, 6.07) is 16.6. The quantitative estimate of drug-likeness (QED) is 0.656. The third-order valence-electron chi connectivity index (χ3n) is 6.90. The van der Waals surface area contributed by atoms with Crippen LogP contribution >= 0.6 is 0 Å². The van der Waals surface area contributed by atoms with Gasteiger partial charge in [-0.15, -0.1) is 0 Å². The minimum absolute atomic E-state index is 0.0620. The van der Waals surface area contributed by atoms with Crippen molar-refractivity contribution >= 4 is 17.5 Å². The summed E-state index contributed by atoms with van der Waals surface area (Å²) >= 11 is 0. The number of fused-ring (bicyclic) bond motifs is 1. The Hall–Kier alpha value is -3.15. The van der Waals surface area contributed by atoms with Gasteiger partial charge in [0.05, 0.1) is 12.2 Å². The molecule has 0 saturated carbocycles. The first-order chi connectivity index (χ1) is 15.2. The molecule has 6 heteroatoms. The van der Waals surface area contributed by atoms with Crippen LogP contribution in [0.1, 0.15) is 43.4 Å². The Morgan fingerprint density at radius 3 is 2.48 bits per heavy atom. The van der Waals surface area contributed by atoms with E-state index >= 15 is 0 Å². The number of amides is 2. The van der Waals surface area contributed by atoms with Crippen LogP contribution in [0.2, 0.25) is 0 Å². The molecule has 4 heterocycles. The number of rotatable bonds is 4. The van der Waals surface area contributed by atoms with Gasteiger partial charge in [-0.2, -0.15) is 0 Å². The average Bonchev–Trinajstić information content (AvgIpc) is 3.26. The monoisotopic (exact) mass is 416 g/mol. The number of imidazole rings is 1. The summed E-state index contributed by atoms with van der Waals surface area (Å²) in [5.41, 5.74) is 3.03. The molecular weight excluding hydrogens is 388 g/mol. The van der Waals surface area contributed by atoms with Crippen LogP contribution in [0.3, 0.4) is 0 Å². The Balaban J connectivity index is 1.38. The van der Waals surface area contributed by atoms with Gasteiger partial charge in [0, 0.05) is 43.9 Å². The SMILES string of the molecule is O=C(CN1CCCCC1=O)N1CCC(c2ccccc2)(c2cn3ccccc3n2)CC1. The molecule has 6 nitrogen and oxygen atoms in total. The Labute approximate surface area is 182 Å². The lowest BCUT2D eigenvalue weighted by atomic mass is 9.70. The Morgan fingerprint density at radius 1 is 0.968 bits per heavy atom. The van der Waals surface area contributed by atoms with Crippen LogP contribution in [-0.2, 0) is 15.0 Å². The summed E-state index contributed by atoms with van der Waals surface area (Å²) in [4.78, 5) is 33.7. The fourth-order valence-corrected chi connectivity index (χ4v) is 5.05. The number of benzene rings is 1. The Kier molecular flexibility index (Phi) is 5.22. The molecule has 2 saturated heterocycles. The first kappa shape index (κ1) is 19.8. The maximum absolute atomic E-state index is 12.9. The van der Waals surface area contributed by atoms with Gasteiger partial charge in [0.25, 0.3) is 0 Å². The van der Waals surface area contributed by atoms with Crippen molar-refractivity contribution in [3.05, 3.63) is 72.2 Å². The number of pyridine rings is 1. The third-order valence-corrected chi connectivity index (χ3v) is 6.90. The Morgan fingerprint density at radius 2 is 1.74 bits per heavy atom. The van der Waals surface area contributed by atoms with E-state index in [1.54, 1.807) is 4.90 Å². The van der Waals surface area contributed by atoms with Crippen molar-refractivity contribution in [1.82, 2.24) is 19.2 Å². The molecule has 3 aromatic rings. The second kappa shape index (κ2) is 8.17. The first-order valence-electron chi connectivity index (χ1n) is 11.2. The van der Waals surface area contributed by atoms with E-state index in [0.717, 1.165) is 37.0 Å². The number of hydrogen-bond acceptors (Lipinski definition) is 3. The molecule has 0 spiro atoms. The maximum Gasteiger partial charge on any atom is 0.242 e. The number of nitrogens with zero attached hydrogens (tertiary/aromatic N) is 4. The third kappa shape index (κ3) is 3.71. The summed E-state index contributed by atoms with van der Waals surface area (Å²) in [7, 11) is 0. The first-order valence-corrected chi connectivity index (χ1v) is 11.2. The molecule has 2 aromatic heterocycles. The molecule has 31 heavy (non-hydrogen) atoms. The zero-order valence-electron chi connectivity index (χ0n) is 17.7. The molecule has 2 aliphatic heterocycles. The van der Waals surface area contributed by atoms with Crippen LogP contribution in [0.4, 0.5) is 0 Å². The van der Waals surface area contributed by atoms with Crippen molar-refractivity contribution in [2.24, 2.45) is 0 Å². The van der Waals surface area contributed by atoms with E-state index < -0.39 is 0 Å². The lowest BCUT2D eigenvalue weighted by Gasteiger charge is -2.42. The molecular formula is C25H28N4O2. The van der Waals surface area contributed by atoms with Gasteiger partial charge in [0.15, 0.2) is 0 Å². The van der Waals surface area contributed by atoms with Crippen LogP contribution in [0.5, 0.6) is 0 Å². The van der Waals surface area contributed by atoms with Crippen LogP contribution in [-0.4, -0.2) is 57.2 Å². The van der Waals surface area contributed by atoms with E-state index in [9.17, 15) is 9.59 Å². The fraction of sp³-hybridized carbons (Fsp3) is 0.400. The van der Waals surface area contributed by atoms with Crippen molar-refractivity contribution in [2.45, 2.75) is 37.5 Å². The highest BCUT2D eigenvalue weighted by Gasteiger charge is 2.41. The number of piperidine rings is 2. The van der Waals surface area contributed by atoms with Crippen LogP contribution in [0.25, 0.3) is 5.65 Å². The number of hydrogen-bond donors (Lipinski definition) is 0. The highest BCUT2D eigenvalue weighted by molar-refractivity contribution is 5.85. The zero-order chi connectivity index (χ0) is 21.3. The highest BCUT2D eigenvalue weighted by Crippen LogP contribution is 2.41. The summed E-state index contributed by atoms with van der Waals surface area (Å²) in [5.74, 6) is 0.173. The van der Waals surface area contributed by atoms with Crippen LogP contribution in [0.15, 0.2) is 60.9 Å². The number of aromatic nitrogens is 2. The molecule has 2 amide bonds. The molecule has 0 radical (unpaired) electrons. The topological polar surface area (TPSA) is 57.9 Å². The van der Waals surface area contributed by atoms with Crippen molar-refractivity contribution in [2.75, 3.05) is 26.2 Å². The lowest BCUT2D eigenvalue weighted by Crippen LogP contribution is -2.50. The van der Waals surface area contributed by atoms with E-state index in [-0.39, 0.29) is 23.8 Å². The number of carbonyl (C=O) groups excluding carboxylic acids is 2. The molecule has 0 bridgehead atoms. The van der Waals surface area contributed by atoms with Crippen molar-refractivity contribution in [3.8, 4) is 0 Å². The number of carbonyl (C=O) groups is 2. The predicted molar refractivity (Wildman–Crippen MR) is 119 cm³/mol. The Bertz CT molecular complexity index is 1050. The molecule has 1 aromatic carbocycles. The van der Waals surface area contributed by atoms with Crippen molar-refractivity contribution < 1.29 is 9.59 Å². The summed E-state index contributed by atoms with van der Waals surface area (Å²) in [6.45, 7) is 2.26. The van der Waals surface area contributed by atoms with Crippen LogP contribution < -0.4 is 0 Å². The minimum Gasteiger partial charge on any atom is -0.341 e. The van der Waals surface area contributed by atoms with Gasteiger partial charge in [-0.1, -0.05) is 36.4 Å². The molecule has 160 valence electrons. The summed E-state index contributed by atoms with van der Waals surface area (Å²) in [5, 5.41) is 0. The molecule has 0 N–H and O–H groups in total. The van der Waals surface area contributed by atoms with E-state index in [2.05, 4.69) is 34.9 Å². The van der Waals surface area contributed by atoms with E-state index in [1.165, 1.54) is 5.56 Å². The predicted octanol–water partition coefficient (Wildman–Crippen LogP) is 3.26. The summed E-state index contributed by atoms with van der Waals surface area (Å²) in [6.07, 6.45) is 8.29. The molecule has 0 atom stereocenters. The second-order valence-electron chi connectivity index (χ2n) is 8.69. The van der Waals surface area contributed by atoms with Crippen LogP contribution in [0, 0.1) is 0 Å². The zero-order valence-corrected chi connectivity index (χ0v) is 17.7. The second-order valence-corrected chi connectivity index (χ2v) is 8.69. The van der Waals surface area contributed by atoms with Gasteiger partial charge in [-0.05, 0) is 43.4 Å². The molecule has 5 rings (SSSR count). The summed E-state index contributed by atoms with van der Waals surface area (Å²) < 4.78 is 2.07. The number of likely N-dealkylation sites (tertiary alicyclic amines) is 2.